The summed E-state index contributed by atoms with van der Waals surface area (Å²) in [5, 5.41) is 8.14. The molecule has 0 spiro atoms. The summed E-state index contributed by atoms with van der Waals surface area (Å²) in [5.74, 6) is 2.31. The van der Waals surface area contributed by atoms with Crippen LogP contribution < -0.4 is 5.73 Å². The molecule has 0 saturated heterocycles. The third-order valence-corrected chi connectivity index (χ3v) is 7.89. The SMILES string of the molecule is CC1CCC2C=C2C1CCc1cc(-c2cc(N)c3cc(C4CC4)cc(C(F)(F)F)c3c2)n[nH]1. The summed E-state index contributed by atoms with van der Waals surface area (Å²) in [6, 6.07) is 8.45. The van der Waals surface area contributed by atoms with E-state index in [0.717, 1.165) is 42.9 Å². The Labute approximate surface area is 191 Å². The van der Waals surface area contributed by atoms with Gasteiger partial charge in [0.1, 0.15) is 0 Å². The highest BCUT2D eigenvalue weighted by Crippen LogP contribution is 2.50. The lowest BCUT2D eigenvalue weighted by atomic mass is 9.78. The Morgan fingerprint density at radius 2 is 1.85 bits per heavy atom. The predicted octanol–water partition coefficient (Wildman–Crippen LogP) is 7.24. The second kappa shape index (κ2) is 7.37. The van der Waals surface area contributed by atoms with Crippen LogP contribution in [0.4, 0.5) is 18.9 Å². The molecule has 3 aromatic rings. The number of halogens is 3. The summed E-state index contributed by atoms with van der Waals surface area (Å²) in [5.41, 5.74) is 10.7. The molecule has 3 N–H and O–H groups in total. The van der Waals surface area contributed by atoms with Crippen molar-refractivity contribution in [2.24, 2.45) is 17.8 Å². The van der Waals surface area contributed by atoms with Crippen molar-refractivity contribution in [3.8, 4) is 11.3 Å². The fourth-order valence-electron chi connectivity index (χ4n) is 5.75. The minimum absolute atomic E-state index is 0.147. The number of nitrogens with two attached hydrogens (primary N) is 1. The first kappa shape index (κ1) is 20.8. The number of hydrogen-bond acceptors (Lipinski definition) is 2. The number of anilines is 1. The maximum absolute atomic E-state index is 13.9. The van der Waals surface area contributed by atoms with Gasteiger partial charge in [-0.25, -0.2) is 0 Å². The molecule has 1 aromatic heterocycles. The van der Waals surface area contributed by atoms with E-state index in [2.05, 4.69) is 23.2 Å². The molecule has 0 aliphatic heterocycles. The number of benzene rings is 2. The molecule has 6 heteroatoms. The first-order chi connectivity index (χ1) is 15.8. The molecule has 172 valence electrons. The summed E-state index contributed by atoms with van der Waals surface area (Å²) in [7, 11) is 0. The second-order valence-electron chi connectivity index (χ2n) is 10.3. The molecule has 2 fully saturated rings. The van der Waals surface area contributed by atoms with Gasteiger partial charge in [0.05, 0.1) is 11.3 Å². The molecule has 0 radical (unpaired) electrons. The molecule has 3 aliphatic carbocycles. The van der Waals surface area contributed by atoms with Crippen molar-refractivity contribution in [2.45, 2.75) is 57.5 Å². The van der Waals surface area contributed by atoms with Crippen LogP contribution in [0.5, 0.6) is 0 Å². The van der Waals surface area contributed by atoms with E-state index in [1.54, 1.807) is 17.7 Å². The topological polar surface area (TPSA) is 54.7 Å². The van der Waals surface area contributed by atoms with Crippen molar-refractivity contribution in [3.63, 3.8) is 0 Å². The van der Waals surface area contributed by atoms with Crippen LogP contribution >= 0.6 is 0 Å². The summed E-state index contributed by atoms with van der Waals surface area (Å²) < 4.78 is 41.8. The smallest absolute Gasteiger partial charge is 0.398 e. The fourth-order valence-corrected chi connectivity index (χ4v) is 5.75. The summed E-state index contributed by atoms with van der Waals surface area (Å²) >= 11 is 0. The van der Waals surface area contributed by atoms with Crippen molar-refractivity contribution in [1.82, 2.24) is 10.2 Å². The largest absolute Gasteiger partial charge is 0.417 e. The number of nitrogen functional groups attached to an aromatic ring is 1. The molecule has 2 saturated carbocycles. The summed E-state index contributed by atoms with van der Waals surface area (Å²) in [4.78, 5) is 0. The number of rotatable bonds is 5. The monoisotopic (exact) mass is 451 g/mol. The van der Waals surface area contributed by atoms with Gasteiger partial charge in [-0.1, -0.05) is 18.6 Å². The van der Waals surface area contributed by atoms with Gasteiger partial charge in [-0.05, 0) is 103 Å². The number of aromatic nitrogens is 2. The number of alkyl halides is 3. The van der Waals surface area contributed by atoms with E-state index in [4.69, 9.17) is 5.73 Å². The Bertz CT molecular complexity index is 1270. The van der Waals surface area contributed by atoms with Gasteiger partial charge >= 0.3 is 6.18 Å². The van der Waals surface area contributed by atoms with E-state index >= 15 is 0 Å². The number of nitrogens with zero attached hydrogens (tertiary/aromatic N) is 1. The third kappa shape index (κ3) is 3.83. The molecule has 6 rings (SSSR count). The molecule has 3 atom stereocenters. The van der Waals surface area contributed by atoms with Crippen molar-refractivity contribution in [1.29, 1.82) is 0 Å². The van der Waals surface area contributed by atoms with Gasteiger partial charge in [0, 0.05) is 22.3 Å². The van der Waals surface area contributed by atoms with E-state index in [1.165, 1.54) is 18.9 Å². The van der Waals surface area contributed by atoms with Crippen molar-refractivity contribution >= 4 is 16.5 Å². The maximum Gasteiger partial charge on any atom is 0.417 e. The maximum atomic E-state index is 13.9. The van der Waals surface area contributed by atoms with Gasteiger partial charge in [0.2, 0.25) is 0 Å². The molecule has 0 bridgehead atoms. The highest BCUT2D eigenvalue weighted by Gasteiger charge is 2.38. The van der Waals surface area contributed by atoms with Gasteiger partial charge in [-0.15, -0.1) is 0 Å². The average Bonchev–Trinajstić information content (AvgIpc) is 3.69. The van der Waals surface area contributed by atoms with Gasteiger partial charge in [-0.2, -0.15) is 18.3 Å². The standard InChI is InChI=1S/C27H28F3N3/c1-14-2-3-16-8-21(16)20(14)7-6-19-13-26(33-32-19)18-10-22-23(25(31)12-18)9-17(15-4-5-15)11-24(22)27(28,29)30/h8-16,20H,2-7,31H2,1H3,(H,32,33). The lowest BCUT2D eigenvalue weighted by molar-refractivity contribution is -0.136. The van der Waals surface area contributed by atoms with Gasteiger partial charge in [-0.3, -0.25) is 5.10 Å². The highest BCUT2D eigenvalue weighted by atomic mass is 19.4. The predicted molar refractivity (Wildman–Crippen MR) is 125 cm³/mol. The minimum atomic E-state index is -4.43. The van der Waals surface area contributed by atoms with Crippen molar-refractivity contribution < 1.29 is 13.2 Å². The van der Waals surface area contributed by atoms with Gasteiger partial charge < -0.3 is 5.73 Å². The van der Waals surface area contributed by atoms with Crippen LogP contribution in [0.3, 0.4) is 0 Å². The van der Waals surface area contributed by atoms with Crippen LogP contribution in [0.1, 0.15) is 61.8 Å². The summed E-state index contributed by atoms with van der Waals surface area (Å²) in [6.07, 6.45) is 4.40. The number of H-pyrrole nitrogens is 1. The first-order valence-corrected chi connectivity index (χ1v) is 12.0. The minimum Gasteiger partial charge on any atom is -0.398 e. The second-order valence-corrected chi connectivity index (χ2v) is 10.3. The number of allylic oxidation sites excluding steroid dienone is 2. The van der Waals surface area contributed by atoms with E-state index in [-0.39, 0.29) is 11.3 Å². The van der Waals surface area contributed by atoms with Crippen LogP contribution in [0.15, 0.2) is 42.0 Å². The Morgan fingerprint density at radius 3 is 2.61 bits per heavy atom. The molecule has 2 aromatic carbocycles. The lowest BCUT2D eigenvalue weighted by Crippen LogP contribution is -2.18. The van der Waals surface area contributed by atoms with E-state index in [9.17, 15) is 13.2 Å². The zero-order valence-electron chi connectivity index (χ0n) is 18.7. The number of nitrogens with one attached hydrogen (secondary N) is 1. The van der Waals surface area contributed by atoms with Crippen LogP contribution in [0.2, 0.25) is 0 Å². The average molecular weight is 452 g/mol. The van der Waals surface area contributed by atoms with Crippen LogP contribution in [-0.2, 0) is 12.6 Å². The van der Waals surface area contributed by atoms with E-state index in [0.29, 0.717) is 34.2 Å². The van der Waals surface area contributed by atoms with Crippen molar-refractivity contribution in [3.05, 3.63) is 58.8 Å². The Hall–Kier alpha value is -2.76. The van der Waals surface area contributed by atoms with Crippen LogP contribution in [0, 0.1) is 17.8 Å². The van der Waals surface area contributed by atoms with Gasteiger partial charge in [0.15, 0.2) is 0 Å². The van der Waals surface area contributed by atoms with Crippen LogP contribution in [0.25, 0.3) is 22.0 Å². The molecule has 3 aliphatic rings. The molecule has 3 nitrogen and oxygen atoms in total. The number of aromatic amines is 1. The zero-order chi connectivity index (χ0) is 22.9. The van der Waals surface area contributed by atoms with E-state index in [1.807, 2.05) is 12.1 Å². The number of aryl methyl sites for hydroxylation is 1. The Balaban J connectivity index is 1.30. The van der Waals surface area contributed by atoms with E-state index < -0.39 is 11.7 Å². The number of hydrogen-bond donors (Lipinski definition) is 2. The zero-order valence-corrected chi connectivity index (χ0v) is 18.7. The molecular formula is C27H28F3N3. The Morgan fingerprint density at radius 1 is 1.03 bits per heavy atom. The molecule has 0 amide bonds. The fraction of sp³-hybridized carbons (Fsp3) is 0.444. The van der Waals surface area contributed by atoms with Crippen LogP contribution in [-0.4, -0.2) is 10.2 Å². The molecule has 1 heterocycles. The van der Waals surface area contributed by atoms with Crippen molar-refractivity contribution in [2.75, 3.05) is 5.73 Å². The molecular weight excluding hydrogens is 423 g/mol. The number of fused-ring (bicyclic) bond motifs is 2. The molecule has 33 heavy (non-hydrogen) atoms. The quantitative estimate of drug-likeness (QED) is 0.317. The van der Waals surface area contributed by atoms with Gasteiger partial charge in [0.25, 0.3) is 0 Å². The lowest BCUT2D eigenvalue weighted by Gasteiger charge is -2.27. The Kier molecular flexibility index (Phi) is 4.65. The molecule has 3 unspecified atom stereocenters. The third-order valence-electron chi connectivity index (χ3n) is 7.89. The first-order valence-electron chi connectivity index (χ1n) is 12.0. The normalized spacial score (nSPS) is 24.6. The summed E-state index contributed by atoms with van der Waals surface area (Å²) in [6.45, 7) is 2.34. The highest BCUT2D eigenvalue weighted by molar-refractivity contribution is 5.99.